The lowest BCUT2D eigenvalue weighted by molar-refractivity contribution is -0.125. The van der Waals surface area contributed by atoms with Crippen molar-refractivity contribution in [2.45, 2.75) is 32.6 Å². The fraction of sp³-hybridized carbons (Fsp3) is 0.643. The number of anilines is 1. The number of hydrogen-bond acceptors (Lipinski definition) is 4. The molecule has 3 amide bonds. The number of nitrogens with zero attached hydrogens (tertiary/aromatic N) is 2. The molecule has 0 bridgehead atoms. The van der Waals surface area contributed by atoms with Crippen LogP contribution in [0.2, 0.25) is 0 Å². The number of urea groups is 1. The van der Waals surface area contributed by atoms with E-state index in [0.717, 1.165) is 25.7 Å². The van der Waals surface area contributed by atoms with Crippen molar-refractivity contribution in [1.82, 2.24) is 15.2 Å². The third kappa shape index (κ3) is 4.17. The SMILES string of the molecule is CCCc1cnc(NC(=O)N2CCC[C@H](C(=O)NC)C2)s1. The summed E-state index contributed by atoms with van der Waals surface area (Å²) in [4.78, 5) is 31.0. The van der Waals surface area contributed by atoms with Crippen molar-refractivity contribution in [2.75, 3.05) is 25.5 Å². The molecular formula is C14H22N4O2S. The van der Waals surface area contributed by atoms with Gasteiger partial charge in [0, 0.05) is 31.2 Å². The summed E-state index contributed by atoms with van der Waals surface area (Å²) in [5.41, 5.74) is 0. The Bertz CT molecular complexity index is 503. The highest BCUT2D eigenvalue weighted by Gasteiger charge is 2.28. The van der Waals surface area contributed by atoms with E-state index in [4.69, 9.17) is 0 Å². The van der Waals surface area contributed by atoms with Gasteiger partial charge in [-0.05, 0) is 19.3 Å². The van der Waals surface area contributed by atoms with Crippen molar-refractivity contribution in [2.24, 2.45) is 5.92 Å². The van der Waals surface area contributed by atoms with Gasteiger partial charge < -0.3 is 10.2 Å². The molecule has 1 atom stereocenters. The predicted octanol–water partition coefficient (Wildman–Crippen LogP) is 2.09. The number of piperidine rings is 1. The summed E-state index contributed by atoms with van der Waals surface area (Å²) >= 11 is 1.51. The largest absolute Gasteiger partial charge is 0.359 e. The molecule has 1 aromatic rings. The minimum Gasteiger partial charge on any atom is -0.359 e. The van der Waals surface area contributed by atoms with Crippen molar-refractivity contribution in [3.63, 3.8) is 0 Å². The Hall–Kier alpha value is -1.63. The molecule has 1 aliphatic rings. The van der Waals surface area contributed by atoms with Crippen LogP contribution in [0.5, 0.6) is 0 Å². The third-order valence-corrected chi connectivity index (χ3v) is 4.56. The number of amides is 3. The topological polar surface area (TPSA) is 74.3 Å². The van der Waals surface area contributed by atoms with Crippen LogP contribution in [0.1, 0.15) is 31.1 Å². The summed E-state index contributed by atoms with van der Waals surface area (Å²) in [6, 6.07) is -0.166. The van der Waals surface area contributed by atoms with E-state index in [0.29, 0.717) is 18.2 Å². The lowest BCUT2D eigenvalue weighted by Crippen LogP contribution is -2.46. The second kappa shape index (κ2) is 7.40. The monoisotopic (exact) mass is 310 g/mol. The number of nitrogens with one attached hydrogen (secondary N) is 2. The fourth-order valence-electron chi connectivity index (χ4n) is 2.48. The van der Waals surface area contributed by atoms with Crippen molar-refractivity contribution in [3.8, 4) is 0 Å². The molecule has 6 nitrogen and oxygen atoms in total. The van der Waals surface area contributed by atoms with E-state index in [1.807, 2.05) is 6.20 Å². The molecule has 2 rings (SSSR count). The lowest BCUT2D eigenvalue weighted by Gasteiger charge is -2.31. The molecule has 2 heterocycles. The van der Waals surface area contributed by atoms with Crippen LogP contribution >= 0.6 is 11.3 Å². The minimum atomic E-state index is -0.166. The van der Waals surface area contributed by atoms with Gasteiger partial charge in [-0.3, -0.25) is 10.1 Å². The van der Waals surface area contributed by atoms with Gasteiger partial charge in [-0.15, -0.1) is 11.3 Å². The van der Waals surface area contributed by atoms with Crippen LogP contribution in [0.4, 0.5) is 9.93 Å². The Morgan fingerprint density at radius 2 is 2.33 bits per heavy atom. The van der Waals surface area contributed by atoms with Crippen LogP contribution in [0.15, 0.2) is 6.20 Å². The zero-order valence-electron chi connectivity index (χ0n) is 12.5. The summed E-state index contributed by atoms with van der Waals surface area (Å²) in [5.74, 6) is -0.103. The predicted molar refractivity (Wildman–Crippen MR) is 83.5 cm³/mol. The van der Waals surface area contributed by atoms with Crippen LogP contribution in [-0.4, -0.2) is 42.0 Å². The van der Waals surface area contributed by atoms with Crippen molar-refractivity contribution >= 4 is 28.4 Å². The summed E-state index contributed by atoms with van der Waals surface area (Å²) in [5, 5.41) is 6.11. The van der Waals surface area contributed by atoms with Crippen LogP contribution in [0.25, 0.3) is 0 Å². The number of carbonyl (C=O) groups is 2. The Labute approximate surface area is 128 Å². The summed E-state index contributed by atoms with van der Waals surface area (Å²) in [6.07, 6.45) is 5.55. The van der Waals surface area contributed by atoms with E-state index >= 15 is 0 Å². The zero-order chi connectivity index (χ0) is 15.2. The van der Waals surface area contributed by atoms with Crippen LogP contribution < -0.4 is 10.6 Å². The molecule has 0 radical (unpaired) electrons. The average Bonchev–Trinajstić information content (AvgIpc) is 2.94. The van der Waals surface area contributed by atoms with Gasteiger partial charge in [0.05, 0.1) is 5.92 Å². The van der Waals surface area contributed by atoms with Gasteiger partial charge in [-0.25, -0.2) is 9.78 Å². The molecule has 0 aromatic carbocycles. The molecule has 0 spiro atoms. The molecule has 1 aromatic heterocycles. The second-order valence-corrected chi connectivity index (χ2v) is 6.33. The molecule has 2 N–H and O–H groups in total. The van der Waals surface area contributed by atoms with Gasteiger partial charge in [0.1, 0.15) is 0 Å². The van der Waals surface area contributed by atoms with Crippen molar-refractivity contribution in [1.29, 1.82) is 0 Å². The molecule has 0 aliphatic carbocycles. The normalized spacial score (nSPS) is 18.4. The number of hydrogen-bond donors (Lipinski definition) is 2. The van der Waals surface area contributed by atoms with Gasteiger partial charge in [0.2, 0.25) is 5.91 Å². The minimum absolute atomic E-state index is 0.00646. The fourth-order valence-corrected chi connectivity index (χ4v) is 3.38. The number of rotatable bonds is 4. The Kier molecular flexibility index (Phi) is 5.55. The van der Waals surface area contributed by atoms with Crippen LogP contribution in [0.3, 0.4) is 0 Å². The maximum atomic E-state index is 12.2. The molecule has 21 heavy (non-hydrogen) atoms. The zero-order valence-corrected chi connectivity index (χ0v) is 13.3. The highest BCUT2D eigenvalue weighted by molar-refractivity contribution is 7.15. The summed E-state index contributed by atoms with van der Waals surface area (Å²) in [7, 11) is 1.63. The number of aryl methyl sites for hydroxylation is 1. The first-order valence-corrected chi connectivity index (χ1v) is 8.18. The second-order valence-electron chi connectivity index (χ2n) is 5.21. The van der Waals surface area contributed by atoms with E-state index in [1.54, 1.807) is 11.9 Å². The first-order valence-electron chi connectivity index (χ1n) is 7.36. The van der Waals surface area contributed by atoms with E-state index in [2.05, 4.69) is 22.5 Å². The van der Waals surface area contributed by atoms with E-state index < -0.39 is 0 Å². The number of aromatic nitrogens is 1. The van der Waals surface area contributed by atoms with Gasteiger partial charge in [-0.2, -0.15) is 0 Å². The highest BCUT2D eigenvalue weighted by Crippen LogP contribution is 2.21. The molecule has 0 saturated carbocycles. The van der Waals surface area contributed by atoms with Crippen molar-refractivity contribution in [3.05, 3.63) is 11.1 Å². The number of thiazole rings is 1. The van der Waals surface area contributed by atoms with Gasteiger partial charge in [0.25, 0.3) is 0 Å². The maximum Gasteiger partial charge on any atom is 0.323 e. The molecule has 116 valence electrons. The van der Waals surface area contributed by atoms with Crippen molar-refractivity contribution < 1.29 is 9.59 Å². The molecule has 1 aliphatic heterocycles. The average molecular weight is 310 g/mol. The molecule has 1 saturated heterocycles. The Morgan fingerprint density at radius 1 is 1.52 bits per heavy atom. The Balaban J connectivity index is 1.91. The van der Waals surface area contributed by atoms with Gasteiger partial charge >= 0.3 is 6.03 Å². The van der Waals surface area contributed by atoms with Gasteiger partial charge in [-0.1, -0.05) is 13.3 Å². The summed E-state index contributed by atoms with van der Waals surface area (Å²) in [6.45, 7) is 3.27. The van der Waals surface area contributed by atoms with E-state index in [1.165, 1.54) is 16.2 Å². The first kappa shape index (κ1) is 15.8. The lowest BCUT2D eigenvalue weighted by atomic mass is 9.97. The quantitative estimate of drug-likeness (QED) is 0.894. The standard InChI is InChI=1S/C14H22N4O2S/c1-3-5-11-8-16-13(21-11)17-14(20)18-7-4-6-10(9-18)12(19)15-2/h8,10H,3-7,9H2,1-2H3,(H,15,19)(H,16,17,20)/t10-/m0/s1. The van der Waals surface area contributed by atoms with Crippen LogP contribution in [-0.2, 0) is 11.2 Å². The number of carbonyl (C=O) groups excluding carboxylic acids is 2. The third-order valence-electron chi connectivity index (χ3n) is 3.59. The molecule has 0 unspecified atom stereocenters. The smallest absolute Gasteiger partial charge is 0.323 e. The maximum absolute atomic E-state index is 12.2. The van der Waals surface area contributed by atoms with Gasteiger partial charge in [0.15, 0.2) is 5.13 Å². The first-order chi connectivity index (χ1) is 10.1. The van der Waals surface area contributed by atoms with Crippen LogP contribution in [0, 0.1) is 5.92 Å². The molecule has 1 fully saturated rings. The molecule has 7 heteroatoms. The number of likely N-dealkylation sites (tertiary alicyclic amines) is 1. The van der Waals surface area contributed by atoms with E-state index in [9.17, 15) is 9.59 Å². The molecular weight excluding hydrogens is 288 g/mol. The highest BCUT2D eigenvalue weighted by atomic mass is 32.1. The Morgan fingerprint density at radius 3 is 3.05 bits per heavy atom. The summed E-state index contributed by atoms with van der Waals surface area (Å²) < 4.78 is 0. The van der Waals surface area contributed by atoms with E-state index in [-0.39, 0.29) is 17.9 Å².